The van der Waals surface area contributed by atoms with E-state index in [1.54, 1.807) is 12.4 Å². The summed E-state index contributed by atoms with van der Waals surface area (Å²) in [5, 5.41) is 3.69. The van der Waals surface area contributed by atoms with Gasteiger partial charge in [0.1, 0.15) is 0 Å². The molecule has 0 radical (unpaired) electrons. The summed E-state index contributed by atoms with van der Waals surface area (Å²) in [5.74, 6) is 0. The highest BCUT2D eigenvalue weighted by Crippen LogP contribution is 2.33. The molecule has 0 amide bonds. The van der Waals surface area contributed by atoms with Crippen LogP contribution in [-0.4, -0.2) is 41.4 Å². The fourth-order valence-corrected chi connectivity index (χ4v) is 3.31. The molecule has 5 heteroatoms. The van der Waals surface area contributed by atoms with Gasteiger partial charge in [-0.3, -0.25) is 9.97 Å². The molecule has 3 heterocycles. The maximum Gasteiger partial charge on any atom is 0.0951 e. The van der Waals surface area contributed by atoms with Gasteiger partial charge in [-0.2, -0.15) is 0 Å². The van der Waals surface area contributed by atoms with E-state index in [2.05, 4.69) is 22.2 Å². The molecule has 0 bridgehead atoms. The van der Waals surface area contributed by atoms with Crippen LogP contribution < -0.4 is 5.32 Å². The molecule has 1 N–H and O–H groups in total. The number of hydrogen-bond donors (Lipinski definition) is 1. The van der Waals surface area contributed by atoms with Gasteiger partial charge >= 0.3 is 0 Å². The molecule has 20 heavy (non-hydrogen) atoms. The summed E-state index contributed by atoms with van der Waals surface area (Å²) in [4.78, 5) is 8.77. The molecule has 1 aromatic heterocycles. The number of aryl methyl sites for hydroxylation is 1. The first kappa shape index (κ1) is 13.9. The van der Waals surface area contributed by atoms with E-state index >= 15 is 0 Å². The van der Waals surface area contributed by atoms with Crippen molar-refractivity contribution in [1.82, 2.24) is 15.3 Å². The Hall–Kier alpha value is -1.04. The van der Waals surface area contributed by atoms with Gasteiger partial charge in [0.05, 0.1) is 23.6 Å². The van der Waals surface area contributed by atoms with Gasteiger partial charge in [-0.05, 0) is 26.7 Å². The first-order valence-electron chi connectivity index (χ1n) is 7.44. The zero-order valence-electron chi connectivity index (χ0n) is 12.3. The van der Waals surface area contributed by atoms with Crippen LogP contribution in [0.2, 0.25) is 0 Å². The molecule has 2 aliphatic heterocycles. The van der Waals surface area contributed by atoms with E-state index < -0.39 is 0 Å². The van der Waals surface area contributed by atoms with Gasteiger partial charge in [0.25, 0.3) is 0 Å². The third-order valence-electron chi connectivity index (χ3n) is 4.38. The Morgan fingerprint density at radius 2 is 2.20 bits per heavy atom. The predicted molar refractivity (Wildman–Crippen MR) is 75.5 cm³/mol. The molecule has 3 rings (SSSR count). The Bertz CT molecular complexity index is 460. The lowest BCUT2D eigenvalue weighted by molar-refractivity contribution is -0.0902. The van der Waals surface area contributed by atoms with Crippen molar-refractivity contribution in [1.29, 1.82) is 0 Å². The van der Waals surface area contributed by atoms with E-state index in [4.69, 9.17) is 9.47 Å². The van der Waals surface area contributed by atoms with Crippen LogP contribution in [0.3, 0.4) is 0 Å². The molecule has 1 aromatic rings. The minimum atomic E-state index is -0.0486. The number of ether oxygens (including phenoxy) is 2. The monoisotopic (exact) mass is 277 g/mol. The normalized spacial score (nSPS) is 31.6. The topological polar surface area (TPSA) is 56.3 Å². The standard InChI is InChI=1S/C15H23N3O2/c1-11-14(17-6-5-16-11)12(2)18-13-3-7-20-15(9-13)4-8-19-10-15/h5-6,12-13,18H,3-4,7-10H2,1-2H3. The predicted octanol–water partition coefficient (Wildman–Crippen LogP) is 1.77. The summed E-state index contributed by atoms with van der Waals surface area (Å²) in [6, 6.07) is 0.674. The minimum absolute atomic E-state index is 0.0486. The summed E-state index contributed by atoms with van der Waals surface area (Å²) in [5.41, 5.74) is 1.99. The van der Waals surface area contributed by atoms with Gasteiger partial charge in [0.15, 0.2) is 0 Å². The Balaban J connectivity index is 1.64. The molecule has 2 aliphatic rings. The van der Waals surface area contributed by atoms with Gasteiger partial charge in [-0.1, -0.05) is 0 Å². The van der Waals surface area contributed by atoms with E-state index in [1.165, 1.54) is 0 Å². The SMILES string of the molecule is Cc1nccnc1C(C)NC1CCOC2(CCOC2)C1. The van der Waals surface area contributed by atoms with E-state index in [-0.39, 0.29) is 11.6 Å². The molecule has 0 aromatic carbocycles. The van der Waals surface area contributed by atoms with Crippen LogP contribution in [0.25, 0.3) is 0 Å². The molecule has 3 unspecified atom stereocenters. The van der Waals surface area contributed by atoms with Crippen molar-refractivity contribution in [2.75, 3.05) is 19.8 Å². The van der Waals surface area contributed by atoms with Crippen LogP contribution in [0.5, 0.6) is 0 Å². The van der Waals surface area contributed by atoms with Crippen molar-refractivity contribution in [3.8, 4) is 0 Å². The lowest BCUT2D eigenvalue weighted by Gasteiger charge is -2.38. The van der Waals surface area contributed by atoms with Crippen molar-refractivity contribution in [3.05, 3.63) is 23.8 Å². The Morgan fingerprint density at radius 1 is 1.35 bits per heavy atom. The smallest absolute Gasteiger partial charge is 0.0951 e. The van der Waals surface area contributed by atoms with Gasteiger partial charge in [-0.25, -0.2) is 0 Å². The van der Waals surface area contributed by atoms with E-state index in [0.717, 1.165) is 50.5 Å². The van der Waals surface area contributed by atoms with Gasteiger partial charge in [-0.15, -0.1) is 0 Å². The minimum Gasteiger partial charge on any atom is -0.378 e. The summed E-state index contributed by atoms with van der Waals surface area (Å²) in [6.07, 6.45) is 6.59. The fraction of sp³-hybridized carbons (Fsp3) is 0.733. The third kappa shape index (κ3) is 2.85. The highest BCUT2D eigenvalue weighted by Gasteiger charge is 2.41. The van der Waals surface area contributed by atoms with Crippen LogP contribution in [-0.2, 0) is 9.47 Å². The number of rotatable bonds is 3. The van der Waals surface area contributed by atoms with Crippen LogP contribution in [0.1, 0.15) is 43.6 Å². The summed E-state index contributed by atoms with van der Waals surface area (Å²) in [7, 11) is 0. The second-order valence-electron chi connectivity index (χ2n) is 5.94. The Kier molecular flexibility index (Phi) is 4.01. The number of hydrogen-bond acceptors (Lipinski definition) is 5. The Labute approximate surface area is 120 Å². The van der Waals surface area contributed by atoms with Gasteiger partial charge in [0.2, 0.25) is 0 Å². The molecule has 2 fully saturated rings. The van der Waals surface area contributed by atoms with Crippen LogP contribution >= 0.6 is 0 Å². The van der Waals surface area contributed by atoms with Crippen LogP contribution in [0, 0.1) is 6.92 Å². The summed E-state index contributed by atoms with van der Waals surface area (Å²) >= 11 is 0. The number of aromatic nitrogens is 2. The molecular formula is C15H23N3O2. The van der Waals surface area contributed by atoms with Gasteiger partial charge in [0, 0.05) is 44.1 Å². The second kappa shape index (κ2) is 5.76. The van der Waals surface area contributed by atoms with Crippen molar-refractivity contribution in [2.45, 2.75) is 50.8 Å². The molecular weight excluding hydrogens is 254 g/mol. The van der Waals surface area contributed by atoms with E-state index in [1.807, 2.05) is 6.92 Å². The fourth-order valence-electron chi connectivity index (χ4n) is 3.31. The third-order valence-corrected chi connectivity index (χ3v) is 4.38. The number of nitrogens with zero attached hydrogens (tertiary/aromatic N) is 2. The molecule has 110 valence electrons. The molecule has 2 saturated heterocycles. The van der Waals surface area contributed by atoms with Gasteiger partial charge < -0.3 is 14.8 Å². The highest BCUT2D eigenvalue weighted by atomic mass is 16.6. The first-order chi connectivity index (χ1) is 9.69. The first-order valence-corrected chi connectivity index (χ1v) is 7.44. The summed E-state index contributed by atoms with van der Waals surface area (Å²) < 4.78 is 11.5. The lowest BCUT2D eigenvalue weighted by Crippen LogP contribution is -2.48. The molecule has 3 atom stereocenters. The van der Waals surface area contributed by atoms with Crippen molar-refractivity contribution < 1.29 is 9.47 Å². The second-order valence-corrected chi connectivity index (χ2v) is 5.94. The average Bonchev–Trinajstić information content (AvgIpc) is 2.87. The van der Waals surface area contributed by atoms with E-state index in [9.17, 15) is 0 Å². The number of nitrogens with one attached hydrogen (secondary N) is 1. The zero-order valence-corrected chi connectivity index (χ0v) is 12.3. The molecule has 0 saturated carbocycles. The Morgan fingerprint density at radius 3 is 2.95 bits per heavy atom. The highest BCUT2D eigenvalue weighted by molar-refractivity contribution is 5.13. The molecule has 1 spiro atoms. The van der Waals surface area contributed by atoms with E-state index in [0.29, 0.717) is 6.04 Å². The lowest BCUT2D eigenvalue weighted by atomic mass is 9.89. The largest absolute Gasteiger partial charge is 0.378 e. The zero-order chi connectivity index (χ0) is 14.0. The average molecular weight is 277 g/mol. The molecule has 5 nitrogen and oxygen atoms in total. The quantitative estimate of drug-likeness (QED) is 0.912. The van der Waals surface area contributed by atoms with Crippen LogP contribution in [0.15, 0.2) is 12.4 Å². The van der Waals surface area contributed by atoms with Crippen molar-refractivity contribution in [3.63, 3.8) is 0 Å². The maximum absolute atomic E-state index is 5.97. The maximum atomic E-state index is 5.97. The van der Waals surface area contributed by atoms with Crippen molar-refractivity contribution >= 4 is 0 Å². The van der Waals surface area contributed by atoms with Crippen LogP contribution in [0.4, 0.5) is 0 Å². The summed E-state index contributed by atoms with van der Waals surface area (Å²) in [6.45, 7) is 6.55. The molecule has 0 aliphatic carbocycles. The van der Waals surface area contributed by atoms with Crippen molar-refractivity contribution in [2.24, 2.45) is 0 Å².